The molecule has 1 fully saturated rings. The molecule has 154 valence electrons. The molecule has 1 aromatic heterocycles. The molecule has 1 heterocycles. The molecular weight excluding hydrogens is 396 g/mol. The van der Waals surface area contributed by atoms with Crippen LogP contribution >= 0.6 is 11.6 Å². The van der Waals surface area contributed by atoms with Crippen molar-refractivity contribution in [2.24, 2.45) is 5.92 Å². The van der Waals surface area contributed by atoms with Crippen LogP contribution in [0.3, 0.4) is 0 Å². The predicted octanol–water partition coefficient (Wildman–Crippen LogP) is 6.89. The van der Waals surface area contributed by atoms with Crippen molar-refractivity contribution in [3.63, 3.8) is 0 Å². The molecule has 0 aliphatic heterocycles. The summed E-state index contributed by atoms with van der Waals surface area (Å²) in [6.07, 6.45) is 6.33. The Morgan fingerprint density at radius 2 is 1.73 bits per heavy atom. The molecule has 30 heavy (non-hydrogen) atoms. The smallest absolute Gasteiger partial charge is 0.303 e. The SMILES string of the molecule is O=C(O)CC1CCC(c2ccc(-c3ccc(Nc4cccc(Cl)c4)nc3)cc2)CC1. The molecule has 0 saturated heterocycles. The molecule has 3 aromatic rings. The summed E-state index contributed by atoms with van der Waals surface area (Å²) in [6, 6.07) is 20.3. The minimum Gasteiger partial charge on any atom is -0.481 e. The van der Waals surface area contributed by atoms with Crippen LogP contribution in [0.25, 0.3) is 11.1 Å². The number of aliphatic carboxylic acids is 1. The highest BCUT2D eigenvalue weighted by Gasteiger charge is 2.23. The highest BCUT2D eigenvalue weighted by molar-refractivity contribution is 6.30. The number of rotatable bonds is 6. The number of benzene rings is 2. The van der Waals surface area contributed by atoms with Gasteiger partial charge in [-0.3, -0.25) is 4.79 Å². The molecule has 5 heteroatoms. The lowest BCUT2D eigenvalue weighted by atomic mass is 9.77. The van der Waals surface area contributed by atoms with E-state index < -0.39 is 5.97 Å². The number of nitrogens with zero attached hydrogens (tertiary/aromatic N) is 1. The number of carboxylic acids is 1. The van der Waals surface area contributed by atoms with Crippen molar-refractivity contribution in [3.8, 4) is 11.1 Å². The largest absolute Gasteiger partial charge is 0.481 e. The zero-order chi connectivity index (χ0) is 20.9. The lowest BCUT2D eigenvalue weighted by molar-refractivity contribution is -0.138. The van der Waals surface area contributed by atoms with Crippen molar-refractivity contribution in [1.29, 1.82) is 0 Å². The Hall–Kier alpha value is -2.85. The molecule has 2 N–H and O–H groups in total. The Morgan fingerprint density at radius 1 is 1.00 bits per heavy atom. The van der Waals surface area contributed by atoms with Gasteiger partial charge in [0.2, 0.25) is 0 Å². The average Bonchev–Trinajstić information content (AvgIpc) is 2.75. The molecule has 1 aliphatic carbocycles. The molecule has 0 spiro atoms. The summed E-state index contributed by atoms with van der Waals surface area (Å²) in [5.74, 6) is 0.968. The number of hydrogen-bond acceptors (Lipinski definition) is 3. The zero-order valence-corrected chi connectivity index (χ0v) is 17.5. The molecule has 2 aromatic carbocycles. The van der Waals surface area contributed by atoms with E-state index in [9.17, 15) is 4.79 Å². The summed E-state index contributed by atoms with van der Waals surface area (Å²) in [5.41, 5.74) is 4.47. The van der Waals surface area contributed by atoms with Gasteiger partial charge in [0.1, 0.15) is 5.82 Å². The summed E-state index contributed by atoms with van der Waals surface area (Å²) in [7, 11) is 0. The van der Waals surface area contributed by atoms with Gasteiger partial charge in [0.05, 0.1) is 0 Å². The van der Waals surface area contributed by atoms with Gasteiger partial charge >= 0.3 is 5.97 Å². The van der Waals surface area contributed by atoms with Crippen LogP contribution in [0.5, 0.6) is 0 Å². The van der Waals surface area contributed by atoms with Gasteiger partial charge in [-0.05, 0) is 79.0 Å². The molecule has 0 amide bonds. The molecule has 0 unspecified atom stereocenters. The third-order valence-corrected chi connectivity index (χ3v) is 6.12. The maximum absolute atomic E-state index is 10.9. The first-order valence-corrected chi connectivity index (χ1v) is 10.8. The van der Waals surface area contributed by atoms with Crippen molar-refractivity contribution < 1.29 is 9.90 Å². The van der Waals surface area contributed by atoms with E-state index in [1.165, 1.54) is 5.56 Å². The number of halogens is 1. The van der Waals surface area contributed by atoms with Crippen LogP contribution in [0.1, 0.15) is 43.6 Å². The predicted molar refractivity (Wildman–Crippen MR) is 121 cm³/mol. The van der Waals surface area contributed by atoms with E-state index in [0.29, 0.717) is 23.3 Å². The number of carbonyl (C=O) groups is 1. The van der Waals surface area contributed by atoms with Crippen molar-refractivity contribution in [3.05, 3.63) is 77.4 Å². The lowest BCUT2D eigenvalue weighted by Crippen LogP contribution is -2.16. The van der Waals surface area contributed by atoms with E-state index in [0.717, 1.165) is 48.3 Å². The molecule has 0 bridgehead atoms. The maximum atomic E-state index is 10.9. The van der Waals surface area contributed by atoms with E-state index in [4.69, 9.17) is 16.7 Å². The number of carboxylic acid groups (broad SMARTS) is 1. The van der Waals surface area contributed by atoms with Crippen molar-refractivity contribution in [2.75, 3.05) is 5.32 Å². The molecule has 1 aliphatic rings. The third-order valence-electron chi connectivity index (χ3n) is 5.89. The third kappa shape index (κ3) is 5.19. The summed E-state index contributed by atoms with van der Waals surface area (Å²) < 4.78 is 0. The van der Waals surface area contributed by atoms with E-state index in [2.05, 4.69) is 40.6 Å². The number of nitrogens with one attached hydrogen (secondary N) is 1. The van der Waals surface area contributed by atoms with Gasteiger partial charge in [0.25, 0.3) is 0 Å². The second-order valence-electron chi connectivity index (χ2n) is 8.00. The molecule has 0 radical (unpaired) electrons. The van der Waals surface area contributed by atoms with Crippen molar-refractivity contribution in [1.82, 2.24) is 4.98 Å². The fraction of sp³-hybridized carbons (Fsp3) is 0.280. The fourth-order valence-corrected chi connectivity index (χ4v) is 4.44. The first kappa shape index (κ1) is 20.4. The first-order chi connectivity index (χ1) is 14.6. The summed E-state index contributed by atoms with van der Waals surface area (Å²) in [5, 5.41) is 12.9. The highest BCUT2D eigenvalue weighted by Crippen LogP contribution is 2.37. The summed E-state index contributed by atoms with van der Waals surface area (Å²) in [4.78, 5) is 15.4. The number of hydrogen-bond donors (Lipinski definition) is 2. The van der Waals surface area contributed by atoms with Crippen LogP contribution in [-0.4, -0.2) is 16.1 Å². The van der Waals surface area contributed by atoms with E-state index >= 15 is 0 Å². The van der Waals surface area contributed by atoms with Gasteiger partial charge in [-0.15, -0.1) is 0 Å². The van der Waals surface area contributed by atoms with Crippen LogP contribution in [-0.2, 0) is 4.79 Å². The lowest BCUT2D eigenvalue weighted by Gasteiger charge is -2.28. The average molecular weight is 421 g/mol. The summed E-state index contributed by atoms with van der Waals surface area (Å²) >= 11 is 6.03. The molecule has 0 atom stereocenters. The van der Waals surface area contributed by atoms with Crippen LogP contribution in [0.4, 0.5) is 11.5 Å². The second-order valence-corrected chi connectivity index (χ2v) is 8.44. The quantitative estimate of drug-likeness (QED) is 0.455. The molecule has 4 nitrogen and oxygen atoms in total. The van der Waals surface area contributed by atoms with Crippen LogP contribution in [0, 0.1) is 5.92 Å². The first-order valence-electron chi connectivity index (χ1n) is 10.4. The van der Waals surface area contributed by atoms with Gasteiger partial charge < -0.3 is 10.4 Å². The van der Waals surface area contributed by atoms with Gasteiger partial charge in [-0.1, -0.05) is 41.9 Å². The van der Waals surface area contributed by atoms with Crippen LogP contribution < -0.4 is 5.32 Å². The Kier molecular flexibility index (Phi) is 6.34. The van der Waals surface area contributed by atoms with E-state index in [1.54, 1.807) is 0 Å². The molecular formula is C25H25ClN2O2. The Labute approximate surface area is 181 Å². The number of aromatic nitrogens is 1. The monoisotopic (exact) mass is 420 g/mol. The minimum absolute atomic E-state index is 0.306. The van der Waals surface area contributed by atoms with Crippen molar-refractivity contribution >= 4 is 29.1 Å². The standard InChI is InChI=1S/C25H25ClN2O2/c26-22-2-1-3-23(15-22)28-24-13-12-21(16-27-24)20-10-8-19(9-11-20)18-6-4-17(5-7-18)14-25(29)30/h1-3,8-13,15-18H,4-7,14H2,(H,27,28)(H,29,30). The maximum Gasteiger partial charge on any atom is 0.303 e. The van der Waals surface area contributed by atoms with E-state index in [-0.39, 0.29) is 0 Å². The van der Waals surface area contributed by atoms with Crippen LogP contribution in [0.15, 0.2) is 66.9 Å². The van der Waals surface area contributed by atoms with E-state index in [1.807, 2.05) is 36.5 Å². The molecule has 4 rings (SSSR count). The van der Waals surface area contributed by atoms with Crippen molar-refractivity contribution in [2.45, 2.75) is 38.0 Å². The Morgan fingerprint density at radius 3 is 2.37 bits per heavy atom. The summed E-state index contributed by atoms with van der Waals surface area (Å²) in [6.45, 7) is 0. The van der Waals surface area contributed by atoms with Gasteiger partial charge in [0.15, 0.2) is 0 Å². The molecule has 1 saturated carbocycles. The Bertz CT molecular complexity index is 994. The normalized spacial score (nSPS) is 18.7. The van der Waals surface area contributed by atoms with Gasteiger partial charge in [-0.2, -0.15) is 0 Å². The fourth-order valence-electron chi connectivity index (χ4n) is 4.25. The minimum atomic E-state index is -0.676. The Balaban J connectivity index is 1.37. The second kappa shape index (κ2) is 9.31. The topological polar surface area (TPSA) is 62.2 Å². The number of anilines is 2. The van der Waals surface area contributed by atoms with Crippen LogP contribution in [0.2, 0.25) is 5.02 Å². The zero-order valence-electron chi connectivity index (χ0n) is 16.7. The highest BCUT2D eigenvalue weighted by atomic mass is 35.5. The number of pyridine rings is 1. The van der Waals surface area contributed by atoms with Gasteiger partial charge in [0, 0.05) is 28.9 Å². The van der Waals surface area contributed by atoms with Gasteiger partial charge in [-0.25, -0.2) is 4.98 Å².